The van der Waals surface area contributed by atoms with Crippen LogP contribution in [0.4, 0.5) is 50.5 Å². The first kappa shape index (κ1) is 52.0. The number of fused-ring (bicyclic) bond motifs is 13. The number of hydrogen-bond acceptors (Lipinski definition) is 4. The summed E-state index contributed by atoms with van der Waals surface area (Å²) in [4.78, 5) is 8.03. The summed E-state index contributed by atoms with van der Waals surface area (Å²) in [6.07, 6.45) is 8.39. The highest BCUT2D eigenvalue weighted by molar-refractivity contribution is 7.26. The maximum Gasteiger partial charge on any atom is 0.254 e. The lowest BCUT2D eigenvalue weighted by Crippen LogP contribution is -2.61. The predicted octanol–water partition coefficient (Wildman–Crippen LogP) is 19.8. The van der Waals surface area contributed by atoms with Crippen molar-refractivity contribution < 1.29 is 0 Å². The van der Waals surface area contributed by atoms with Crippen LogP contribution in [0.3, 0.4) is 0 Å². The molecule has 0 spiro atoms. The van der Waals surface area contributed by atoms with Crippen LogP contribution < -0.4 is 31.1 Å². The minimum Gasteiger partial charge on any atom is -0.311 e. The van der Waals surface area contributed by atoms with E-state index in [0.29, 0.717) is 0 Å². The normalized spacial score (nSPS) is 21.8. The Morgan fingerprint density at radius 2 is 0.976 bits per heavy atom. The number of para-hydroxylation sites is 2. The van der Waals surface area contributed by atoms with Crippen LogP contribution in [-0.2, 0) is 37.9 Å². The predicted molar refractivity (Wildman–Crippen MR) is 354 cm³/mol. The molecule has 1 aromatic heterocycles. The zero-order valence-corrected chi connectivity index (χ0v) is 51.7. The highest BCUT2D eigenvalue weighted by atomic mass is 32.1. The Morgan fingerprint density at radius 1 is 0.439 bits per heavy atom. The molecule has 2 bridgehead atoms. The standard InChI is InChI=1S/C77H80BN3S/c1-71(2,3)49-29-32-63-62(39-49)78-68-55-44-60-61(77(13)38-37-76(60,12)47-77)46-67(55)82-70(68)80(52-30-31-56-57(40-52)73(6,7)34-33-72(56,4)5)65-41-53(79(50-25-19-15-20-26-50)51-27-21-16-22-28-51)42-66(69(65)78)81(63)64-45-59-58(74(8,9)35-36-75(59,10)11)43-54(64)48-23-17-14-18-24-48/h14-32,39-46H,33-38,47H2,1-13H3. The number of nitrogens with zero attached hydrogens (tertiary/aromatic N) is 3. The smallest absolute Gasteiger partial charge is 0.254 e. The average Bonchev–Trinajstić information content (AvgIpc) is 1.70. The number of benzene rings is 8. The highest BCUT2D eigenvalue weighted by Gasteiger charge is 2.54. The van der Waals surface area contributed by atoms with E-state index in [1.807, 2.05) is 11.3 Å². The molecule has 0 radical (unpaired) electrons. The maximum absolute atomic E-state index is 2.77. The van der Waals surface area contributed by atoms with Gasteiger partial charge < -0.3 is 14.7 Å². The lowest BCUT2D eigenvalue weighted by atomic mass is 9.33. The van der Waals surface area contributed by atoms with E-state index in [1.165, 1.54) is 125 Å². The summed E-state index contributed by atoms with van der Waals surface area (Å²) in [7, 11) is 0. The quantitative estimate of drug-likeness (QED) is 0.154. The maximum atomic E-state index is 2.77. The van der Waals surface area contributed by atoms with Gasteiger partial charge in [0.15, 0.2) is 0 Å². The first-order valence-corrected chi connectivity index (χ1v) is 31.6. The van der Waals surface area contributed by atoms with Gasteiger partial charge in [0.2, 0.25) is 0 Å². The van der Waals surface area contributed by atoms with E-state index < -0.39 is 0 Å². The summed E-state index contributed by atoms with van der Waals surface area (Å²) in [5.41, 5.74) is 27.3. The van der Waals surface area contributed by atoms with Crippen LogP contribution in [0.25, 0.3) is 21.2 Å². The van der Waals surface area contributed by atoms with Gasteiger partial charge in [-0.05, 0) is 228 Å². The molecule has 4 aliphatic carbocycles. The molecule has 0 N–H and O–H groups in total. The largest absolute Gasteiger partial charge is 0.311 e. The van der Waals surface area contributed by atoms with Crippen LogP contribution in [0.1, 0.15) is 174 Å². The van der Waals surface area contributed by atoms with Crippen LogP contribution in [0.15, 0.2) is 164 Å². The molecule has 412 valence electrons. The van der Waals surface area contributed by atoms with Gasteiger partial charge in [0.25, 0.3) is 6.71 Å². The van der Waals surface area contributed by atoms with Crippen molar-refractivity contribution in [1.82, 2.24) is 0 Å². The number of hydrogen-bond donors (Lipinski definition) is 0. The van der Waals surface area contributed by atoms with E-state index in [9.17, 15) is 0 Å². The van der Waals surface area contributed by atoms with Gasteiger partial charge >= 0.3 is 0 Å². The first-order valence-electron chi connectivity index (χ1n) is 30.8. The third kappa shape index (κ3) is 7.59. The van der Waals surface area contributed by atoms with E-state index in [2.05, 4.69) is 269 Å². The van der Waals surface area contributed by atoms with Crippen LogP contribution in [0.2, 0.25) is 0 Å². The zero-order chi connectivity index (χ0) is 56.8. The fourth-order valence-electron chi connectivity index (χ4n) is 16.7. The molecule has 1 fully saturated rings. The molecule has 8 aromatic carbocycles. The molecule has 0 amide bonds. The van der Waals surface area contributed by atoms with Crippen molar-refractivity contribution in [3.05, 3.63) is 203 Å². The van der Waals surface area contributed by atoms with Crippen LogP contribution in [0.5, 0.6) is 0 Å². The summed E-state index contributed by atoms with van der Waals surface area (Å²) >= 11 is 2.05. The summed E-state index contributed by atoms with van der Waals surface area (Å²) in [5, 5.41) is 2.79. The second kappa shape index (κ2) is 17.4. The third-order valence-corrected chi connectivity index (χ3v) is 22.8. The first-order chi connectivity index (χ1) is 38.9. The molecule has 15 rings (SSSR count). The van der Waals surface area contributed by atoms with Crippen molar-refractivity contribution in [2.75, 3.05) is 14.7 Å². The van der Waals surface area contributed by atoms with Gasteiger partial charge in [-0.2, -0.15) is 0 Å². The van der Waals surface area contributed by atoms with Gasteiger partial charge in [-0.1, -0.05) is 175 Å². The minimum absolute atomic E-state index is 0.0196. The average molecular weight is 1090 g/mol. The van der Waals surface area contributed by atoms with Crippen molar-refractivity contribution >= 4 is 95.0 Å². The van der Waals surface area contributed by atoms with Crippen molar-refractivity contribution in [2.45, 2.75) is 173 Å². The van der Waals surface area contributed by atoms with Gasteiger partial charge in [0.1, 0.15) is 0 Å². The summed E-state index contributed by atoms with van der Waals surface area (Å²) in [5.74, 6) is 0. The van der Waals surface area contributed by atoms with E-state index in [-0.39, 0.29) is 44.6 Å². The molecule has 2 aliphatic heterocycles. The van der Waals surface area contributed by atoms with Gasteiger partial charge in [0.05, 0.1) is 16.4 Å². The van der Waals surface area contributed by atoms with Crippen LogP contribution in [-0.4, -0.2) is 6.71 Å². The molecular weight excluding hydrogens is 1010 g/mol. The fraction of sp³-hybridized carbons (Fsp3) is 0.351. The Bertz CT molecular complexity index is 4080. The third-order valence-electron chi connectivity index (χ3n) is 21.7. The molecule has 5 heteroatoms. The fourth-order valence-corrected chi connectivity index (χ4v) is 18.0. The summed E-state index contributed by atoms with van der Waals surface area (Å²) in [6.45, 7) is 32.2. The van der Waals surface area contributed by atoms with E-state index in [4.69, 9.17) is 0 Å². The van der Waals surface area contributed by atoms with E-state index in [1.54, 1.807) is 11.1 Å². The Kier molecular flexibility index (Phi) is 11.0. The monoisotopic (exact) mass is 1090 g/mol. The van der Waals surface area contributed by atoms with Gasteiger partial charge in [-0.3, -0.25) is 0 Å². The van der Waals surface area contributed by atoms with E-state index >= 15 is 0 Å². The van der Waals surface area contributed by atoms with E-state index in [0.717, 1.165) is 36.3 Å². The molecule has 2 atom stereocenters. The van der Waals surface area contributed by atoms with Crippen LogP contribution in [0, 0.1) is 0 Å². The van der Waals surface area contributed by atoms with Gasteiger partial charge in [-0.25, -0.2) is 0 Å². The van der Waals surface area contributed by atoms with Crippen molar-refractivity contribution in [3.8, 4) is 11.1 Å². The summed E-state index contributed by atoms with van der Waals surface area (Å²) in [6, 6.07) is 64.7. The molecule has 2 unspecified atom stereocenters. The second-order valence-corrected chi connectivity index (χ2v) is 31.1. The number of anilines is 9. The lowest BCUT2D eigenvalue weighted by Gasteiger charge is -2.47. The Morgan fingerprint density at radius 3 is 1.57 bits per heavy atom. The molecular formula is C77H80BN3S. The van der Waals surface area contributed by atoms with Gasteiger partial charge in [-0.15, -0.1) is 11.3 Å². The zero-order valence-electron chi connectivity index (χ0n) is 50.9. The molecule has 82 heavy (non-hydrogen) atoms. The number of rotatable bonds is 6. The Balaban J connectivity index is 1.12. The molecule has 6 aliphatic rings. The topological polar surface area (TPSA) is 9.72 Å². The second-order valence-electron chi connectivity index (χ2n) is 30.1. The Labute approximate surface area is 493 Å². The molecule has 1 saturated carbocycles. The SMILES string of the molecule is CC(C)(C)c1ccc2c(c1)B1c3c(cc(N(c4ccccc4)c4ccccc4)cc3N(c3ccc4c(c3)C(C)(C)CCC4(C)C)c3sc4cc5c(cc4c31)C1(C)CCC5(C)C1)N2c1cc2c(cc1-c1ccccc1)C(C)(C)CCC2(C)C. The molecule has 9 aromatic rings. The highest BCUT2D eigenvalue weighted by Crippen LogP contribution is 2.63. The minimum atomic E-state index is -0.0800. The Hall–Kier alpha value is -6.82. The van der Waals surface area contributed by atoms with Crippen molar-refractivity contribution in [3.63, 3.8) is 0 Å². The summed E-state index contributed by atoms with van der Waals surface area (Å²) < 4.78 is 1.41. The molecule has 0 saturated heterocycles. The van der Waals surface area contributed by atoms with Gasteiger partial charge in [0, 0.05) is 44.4 Å². The molecule has 3 heterocycles. The lowest BCUT2D eigenvalue weighted by molar-refractivity contribution is 0.332. The number of thiophene rings is 1. The molecule has 3 nitrogen and oxygen atoms in total. The van der Waals surface area contributed by atoms with Crippen LogP contribution >= 0.6 is 11.3 Å². The van der Waals surface area contributed by atoms with Crippen molar-refractivity contribution in [1.29, 1.82) is 0 Å². The van der Waals surface area contributed by atoms with Crippen molar-refractivity contribution in [2.24, 2.45) is 0 Å².